The highest BCUT2D eigenvalue weighted by molar-refractivity contribution is 5.60. The fourth-order valence-corrected chi connectivity index (χ4v) is 2.61. The molecule has 0 aliphatic carbocycles. The molecule has 1 aliphatic heterocycles. The van der Waals surface area contributed by atoms with Gasteiger partial charge in [-0.15, -0.1) is 0 Å². The minimum atomic E-state index is 0.436. The number of nitrogens with zero attached hydrogens (tertiary/aromatic N) is 3. The number of nitrogens with one attached hydrogen (secondary N) is 1. The highest BCUT2D eigenvalue weighted by Crippen LogP contribution is 2.33. The monoisotopic (exact) mass is 248 g/mol. The summed E-state index contributed by atoms with van der Waals surface area (Å²) >= 11 is 0. The van der Waals surface area contributed by atoms with Gasteiger partial charge in [-0.3, -0.25) is 0 Å². The first-order chi connectivity index (χ1) is 8.63. The van der Waals surface area contributed by atoms with Crippen LogP contribution in [0.1, 0.15) is 45.6 Å². The standard InChI is InChI=1S/C14H24N4/c1-5-15-13-12(10(2)3)14(17-9-16-13)18-7-6-11(4)8-18/h9-11H,5-8H2,1-4H3,(H,15,16,17). The third-order valence-electron chi connectivity index (χ3n) is 3.51. The van der Waals surface area contributed by atoms with Gasteiger partial charge in [0.2, 0.25) is 0 Å². The molecule has 1 atom stereocenters. The van der Waals surface area contributed by atoms with Crippen molar-refractivity contribution in [2.45, 2.75) is 40.0 Å². The topological polar surface area (TPSA) is 41.1 Å². The Morgan fingerprint density at radius 3 is 2.78 bits per heavy atom. The van der Waals surface area contributed by atoms with Gasteiger partial charge in [-0.2, -0.15) is 0 Å². The Hall–Kier alpha value is -1.32. The van der Waals surface area contributed by atoms with Crippen LogP contribution in [0.4, 0.5) is 11.6 Å². The van der Waals surface area contributed by atoms with E-state index in [0.717, 1.165) is 37.2 Å². The summed E-state index contributed by atoms with van der Waals surface area (Å²) in [5, 5.41) is 3.35. The van der Waals surface area contributed by atoms with Crippen molar-refractivity contribution >= 4 is 11.6 Å². The minimum Gasteiger partial charge on any atom is -0.370 e. The predicted octanol–water partition coefficient (Wildman–Crippen LogP) is 2.88. The molecule has 1 aromatic heterocycles. The summed E-state index contributed by atoms with van der Waals surface area (Å²) in [6.45, 7) is 12.0. The molecule has 4 nitrogen and oxygen atoms in total. The smallest absolute Gasteiger partial charge is 0.137 e. The van der Waals surface area contributed by atoms with Crippen molar-refractivity contribution in [3.63, 3.8) is 0 Å². The zero-order chi connectivity index (χ0) is 13.1. The predicted molar refractivity (Wildman–Crippen MR) is 76.3 cm³/mol. The summed E-state index contributed by atoms with van der Waals surface area (Å²) < 4.78 is 0. The molecule has 0 radical (unpaired) electrons. The van der Waals surface area contributed by atoms with E-state index < -0.39 is 0 Å². The zero-order valence-corrected chi connectivity index (χ0v) is 11.9. The van der Waals surface area contributed by atoms with E-state index in [9.17, 15) is 0 Å². The largest absolute Gasteiger partial charge is 0.370 e. The van der Waals surface area contributed by atoms with Gasteiger partial charge in [0.05, 0.1) is 0 Å². The molecule has 4 heteroatoms. The van der Waals surface area contributed by atoms with Gasteiger partial charge in [0, 0.05) is 25.2 Å². The molecule has 1 aliphatic rings. The van der Waals surface area contributed by atoms with Crippen LogP contribution in [-0.2, 0) is 0 Å². The number of hydrogen-bond donors (Lipinski definition) is 1. The Balaban J connectivity index is 2.36. The van der Waals surface area contributed by atoms with E-state index >= 15 is 0 Å². The summed E-state index contributed by atoms with van der Waals surface area (Å²) in [4.78, 5) is 11.3. The van der Waals surface area contributed by atoms with Crippen molar-refractivity contribution in [1.82, 2.24) is 9.97 Å². The fourth-order valence-electron chi connectivity index (χ4n) is 2.61. The molecule has 100 valence electrons. The van der Waals surface area contributed by atoms with Gasteiger partial charge in [-0.25, -0.2) is 9.97 Å². The van der Waals surface area contributed by atoms with Crippen molar-refractivity contribution < 1.29 is 0 Å². The fraction of sp³-hybridized carbons (Fsp3) is 0.714. The number of anilines is 2. The van der Waals surface area contributed by atoms with Crippen molar-refractivity contribution in [2.24, 2.45) is 5.92 Å². The molecule has 2 heterocycles. The summed E-state index contributed by atoms with van der Waals surface area (Å²) in [6.07, 6.45) is 2.94. The number of hydrogen-bond acceptors (Lipinski definition) is 4. The molecule has 2 rings (SSSR count). The highest BCUT2D eigenvalue weighted by atomic mass is 15.2. The van der Waals surface area contributed by atoms with E-state index in [1.165, 1.54) is 12.0 Å². The second-order valence-corrected chi connectivity index (χ2v) is 5.48. The van der Waals surface area contributed by atoms with E-state index in [1.807, 2.05) is 0 Å². The molecule has 0 aromatic carbocycles. The maximum Gasteiger partial charge on any atom is 0.137 e. The maximum absolute atomic E-state index is 4.53. The van der Waals surface area contributed by atoms with Crippen LogP contribution < -0.4 is 10.2 Å². The molecular formula is C14H24N4. The number of aromatic nitrogens is 2. The van der Waals surface area contributed by atoms with Crippen LogP contribution in [0, 0.1) is 5.92 Å². The molecule has 0 bridgehead atoms. The molecule has 18 heavy (non-hydrogen) atoms. The molecular weight excluding hydrogens is 224 g/mol. The average molecular weight is 248 g/mol. The van der Waals surface area contributed by atoms with Gasteiger partial charge < -0.3 is 10.2 Å². The van der Waals surface area contributed by atoms with Crippen LogP contribution >= 0.6 is 0 Å². The molecule has 1 fully saturated rings. The van der Waals surface area contributed by atoms with Gasteiger partial charge in [0.1, 0.15) is 18.0 Å². The van der Waals surface area contributed by atoms with Crippen LogP contribution in [0.2, 0.25) is 0 Å². The molecule has 1 aromatic rings. The minimum absolute atomic E-state index is 0.436. The molecule has 1 saturated heterocycles. The molecule has 0 spiro atoms. The van der Waals surface area contributed by atoms with Crippen LogP contribution in [0.3, 0.4) is 0 Å². The first-order valence-electron chi connectivity index (χ1n) is 6.97. The molecule has 1 unspecified atom stereocenters. The van der Waals surface area contributed by atoms with Crippen LogP contribution in [0.5, 0.6) is 0 Å². The van der Waals surface area contributed by atoms with Crippen molar-refractivity contribution in [1.29, 1.82) is 0 Å². The van der Waals surface area contributed by atoms with Crippen LogP contribution in [-0.4, -0.2) is 29.6 Å². The van der Waals surface area contributed by atoms with Crippen LogP contribution in [0.25, 0.3) is 0 Å². The van der Waals surface area contributed by atoms with E-state index in [2.05, 4.69) is 47.9 Å². The Morgan fingerprint density at radius 2 is 2.22 bits per heavy atom. The SMILES string of the molecule is CCNc1ncnc(N2CCC(C)C2)c1C(C)C. The van der Waals surface area contributed by atoms with Gasteiger partial charge in [-0.05, 0) is 25.2 Å². The quantitative estimate of drug-likeness (QED) is 0.889. The van der Waals surface area contributed by atoms with E-state index in [4.69, 9.17) is 0 Å². The molecule has 0 amide bonds. The second kappa shape index (κ2) is 5.55. The van der Waals surface area contributed by atoms with Gasteiger partial charge in [0.25, 0.3) is 0 Å². The molecule has 1 N–H and O–H groups in total. The van der Waals surface area contributed by atoms with Crippen molar-refractivity contribution in [3.8, 4) is 0 Å². The molecule has 0 saturated carbocycles. The lowest BCUT2D eigenvalue weighted by molar-refractivity contribution is 0.658. The van der Waals surface area contributed by atoms with Gasteiger partial charge >= 0.3 is 0 Å². The second-order valence-electron chi connectivity index (χ2n) is 5.48. The van der Waals surface area contributed by atoms with E-state index in [0.29, 0.717) is 5.92 Å². The third kappa shape index (κ3) is 2.57. The Kier molecular flexibility index (Phi) is 4.04. The summed E-state index contributed by atoms with van der Waals surface area (Å²) in [5.41, 5.74) is 1.26. The maximum atomic E-state index is 4.53. The lowest BCUT2D eigenvalue weighted by Crippen LogP contribution is -2.23. The Morgan fingerprint density at radius 1 is 1.44 bits per heavy atom. The Labute approximate surface area is 110 Å². The Bertz CT molecular complexity index is 403. The number of rotatable bonds is 4. The first kappa shape index (κ1) is 13.1. The first-order valence-corrected chi connectivity index (χ1v) is 6.97. The average Bonchev–Trinajstić information content (AvgIpc) is 2.75. The van der Waals surface area contributed by atoms with Crippen LogP contribution in [0.15, 0.2) is 6.33 Å². The summed E-state index contributed by atoms with van der Waals surface area (Å²) in [6, 6.07) is 0. The van der Waals surface area contributed by atoms with Gasteiger partial charge in [-0.1, -0.05) is 20.8 Å². The normalized spacial score (nSPS) is 19.6. The third-order valence-corrected chi connectivity index (χ3v) is 3.51. The zero-order valence-electron chi connectivity index (χ0n) is 11.9. The van der Waals surface area contributed by atoms with Crippen molar-refractivity contribution in [2.75, 3.05) is 29.9 Å². The lowest BCUT2D eigenvalue weighted by atomic mass is 10.0. The van der Waals surface area contributed by atoms with E-state index in [1.54, 1.807) is 6.33 Å². The van der Waals surface area contributed by atoms with E-state index in [-0.39, 0.29) is 0 Å². The summed E-state index contributed by atoms with van der Waals surface area (Å²) in [7, 11) is 0. The van der Waals surface area contributed by atoms with Crippen molar-refractivity contribution in [3.05, 3.63) is 11.9 Å². The van der Waals surface area contributed by atoms with Gasteiger partial charge in [0.15, 0.2) is 0 Å². The lowest BCUT2D eigenvalue weighted by Gasteiger charge is -2.23. The highest BCUT2D eigenvalue weighted by Gasteiger charge is 2.24. The summed E-state index contributed by atoms with van der Waals surface area (Å²) in [5.74, 6) is 3.33.